The number of nitrogens with one attached hydrogen (secondary N) is 1. The summed E-state index contributed by atoms with van der Waals surface area (Å²) < 4.78 is 34.3. The lowest BCUT2D eigenvalue weighted by Gasteiger charge is -2.48. The van der Waals surface area contributed by atoms with Crippen molar-refractivity contribution in [2.24, 2.45) is 0 Å². The van der Waals surface area contributed by atoms with Gasteiger partial charge in [0, 0.05) is 6.42 Å². The van der Waals surface area contributed by atoms with Gasteiger partial charge in [-0.15, -0.1) is 0 Å². The van der Waals surface area contributed by atoms with E-state index in [1.165, 1.54) is 148 Å². The smallest absolute Gasteiger partial charge is 0.220 e. The largest absolute Gasteiger partial charge is 0.394 e. The van der Waals surface area contributed by atoms with Gasteiger partial charge in [-0.25, -0.2) is 0 Å². The predicted octanol–water partition coefficient (Wildman–Crippen LogP) is 8.38. The molecule has 0 saturated carbocycles. The monoisotopic (exact) mass is 1240 g/mol. The van der Waals surface area contributed by atoms with Crippen LogP contribution in [0.15, 0.2) is 60.8 Å². The van der Waals surface area contributed by atoms with Crippen LogP contribution in [0.4, 0.5) is 0 Å². The topological polar surface area (TPSA) is 307 Å². The van der Waals surface area contributed by atoms with Gasteiger partial charge in [0.15, 0.2) is 18.9 Å². The molecule has 17 unspecified atom stereocenters. The highest BCUT2D eigenvalue weighted by molar-refractivity contribution is 5.76. The van der Waals surface area contributed by atoms with E-state index in [9.17, 15) is 61.0 Å². The Morgan fingerprint density at radius 3 is 1.23 bits per heavy atom. The standard InChI is InChI=1S/C68H121NO18/c1-3-5-7-9-11-13-15-17-18-19-20-21-22-23-24-25-26-27-28-29-30-31-32-34-36-38-40-42-44-46-56(74)69-51(52(73)45-43-41-39-37-35-33-16-14-12-10-8-6-4-2)50-82-66-62(80)59(77)64(54(48-71)84-66)87-68-63(81)60(78)65(55(49-72)85-68)86-67-61(79)58(76)57(75)53(47-70)83-67/h15,17,19-20,22-23,35,37,43,45,51-55,57-68,70-73,75-81H,3-14,16,18,21,24-34,36,38-42,44,46-50H2,1-2H3,(H,69,74)/b17-15-,20-19-,23-22-,37-35+,45-43+. The minimum Gasteiger partial charge on any atom is -0.394 e. The van der Waals surface area contributed by atoms with E-state index < -0.39 is 124 Å². The van der Waals surface area contributed by atoms with Crippen LogP contribution in [-0.2, 0) is 33.2 Å². The van der Waals surface area contributed by atoms with E-state index >= 15 is 0 Å². The molecule has 3 rings (SSSR count). The summed E-state index contributed by atoms with van der Waals surface area (Å²) in [6.07, 6.45) is 33.5. The van der Waals surface area contributed by atoms with Gasteiger partial charge in [-0.2, -0.15) is 0 Å². The SMILES string of the molecule is CCCCCCC/C=C\C/C=C\C/C=C\CCCCCCCCCCCCCCCCC(=O)NC(COC1OC(CO)C(OC2OC(CO)C(OC3OC(CO)C(O)C(O)C3O)C(O)C2O)C(O)C1O)C(O)/C=C/CC/C=C/CCCCCCCCC. The average molecular weight is 1240 g/mol. The molecule has 506 valence electrons. The summed E-state index contributed by atoms with van der Waals surface area (Å²) in [6.45, 7) is 1.68. The molecule has 0 aromatic heterocycles. The van der Waals surface area contributed by atoms with Gasteiger partial charge in [0.05, 0.1) is 38.6 Å². The number of carbonyl (C=O) groups is 1. The molecule has 0 radical (unpaired) electrons. The van der Waals surface area contributed by atoms with Crippen molar-refractivity contribution >= 4 is 5.91 Å². The van der Waals surface area contributed by atoms with Crippen LogP contribution in [0.25, 0.3) is 0 Å². The van der Waals surface area contributed by atoms with Crippen molar-refractivity contribution in [2.75, 3.05) is 26.4 Å². The molecular formula is C68H121NO18. The molecule has 87 heavy (non-hydrogen) atoms. The van der Waals surface area contributed by atoms with Gasteiger partial charge in [0.1, 0.15) is 73.2 Å². The first-order valence-electron chi connectivity index (χ1n) is 34.0. The molecule has 19 nitrogen and oxygen atoms in total. The van der Waals surface area contributed by atoms with Gasteiger partial charge in [-0.05, 0) is 70.6 Å². The maximum absolute atomic E-state index is 13.4. The number of allylic oxidation sites excluding steroid dienone is 9. The molecule has 1 amide bonds. The number of unbranched alkanes of at least 4 members (excludes halogenated alkanes) is 27. The first-order chi connectivity index (χ1) is 42.3. The number of ether oxygens (including phenoxy) is 6. The molecule has 17 atom stereocenters. The fourth-order valence-electron chi connectivity index (χ4n) is 11.2. The summed E-state index contributed by atoms with van der Waals surface area (Å²) in [5.41, 5.74) is 0. The number of aliphatic hydroxyl groups excluding tert-OH is 11. The zero-order chi connectivity index (χ0) is 63.3. The van der Waals surface area contributed by atoms with Crippen molar-refractivity contribution in [1.29, 1.82) is 0 Å². The first kappa shape index (κ1) is 78.7. The van der Waals surface area contributed by atoms with Crippen molar-refractivity contribution < 1.29 is 89.4 Å². The minimum atomic E-state index is -1.98. The Morgan fingerprint density at radius 1 is 0.414 bits per heavy atom. The quantitative estimate of drug-likeness (QED) is 0.0201. The molecule has 0 spiro atoms. The summed E-state index contributed by atoms with van der Waals surface area (Å²) in [5.74, 6) is -0.288. The van der Waals surface area contributed by atoms with E-state index in [4.69, 9.17) is 28.4 Å². The Morgan fingerprint density at radius 2 is 0.770 bits per heavy atom. The third-order valence-electron chi connectivity index (χ3n) is 16.8. The van der Waals surface area contributed by atoms with Gasteiger partial charge in [0.2, 0.25) is 5.91 Å². The number of rotatable bonds is 51. The fourth-order valence-corrected chi connectivity index (χ4v) is 11.2. The van der Waals surface area contributed by atoms with Crippen LogP contribution in [0.2, 0.25) is 0 Å². The Labute approximate surface area is 522 Å². The summed E-state index contributed by atoms with van der Waals surface area (Å²) >= 11 is 0. The molecule has 0 aromatic rings. The molecule has 3 saturated heterocycles. The second-order valence-electron chi connectivity index (χ2n) is 24.3. The number of aliphatic hydroxyl groups is 11. The van der Waals surface area contributed by atoms with Crippen molar-refractivity contribution in [3.05, 3.63) is 60.8 Å². The number of amides is 1. The number of hydrogen-bond acceptors (Lipinski definition) is 18. The zero-order valence-electron chi connectivity index (χ0n) is 53.2. The maximum atomic E-state index is 13.4. The van der Waals surface area contributed by atoms with E-state index in [0.29, 0.717) is 12.8 Å². The molecule has 3 aliphatic rings. The maximum Gasteiger partial charge on any atom is 0.220 e. The van der Waals surface area contributed by atoms with Gasteiger partial charge in [0.25, 0.3) is 0 Å². The summed E-state index contributed by atoms with van der Waals surface area (Å²) in [7, 11) is 0. The molecule has 3 heterocycles. The molecular weight excluding hydrogens is 1120 g/mol. The number of carbonyl (C=O) groups excluding carboxylic acids is 1. The third kappa shape index (κ3) is 32.6. The lowest BCUT2D eigenvalue weighted by atomic mass is 9.96. The van der Waals surface area contributed by atoms with Crippen molar-refractivity contribution in [3.63, 3.8) is 0 Å². The third-order valence-corrected chi connectivity index (χ3v) is 16.8. The predicted molar refractivity (Wildman–Crippen MR) is 337 cm³/mol. The van der Waals surface area contributed by atoms with Gasteiger partial charge in [-0.3, -0.25) is 4.79 Å². The van der Waals surface area contributed by atoms with Crippen molar-refractivity contribution in [3.8, 4) is 0 Å². The summed E-state index contributed by atoms with van der Waals surface area (Å²) in [6, 6.07) is -0.991. The van der Waals surface area contributed by atoms with E-state index in [0.717, 1.165) is 51.4 Å². The molecule has 12 N–H and O–H groups in total. The highest BCUT2D eigenvalue weighted by atomic mass is 16.8. The second kappa shape index (κ2) is 50.1. The van der Waals surface area contributed by atoms with Crippen molar-refractivity contribution in [2.45, 2.75) is 336 Å². The number of hydrogen-bond donors (Lipinski definition) is 12. The Kier molecular flexibility index (Phi) is 45.3. The first-order valence-corrected chi connectivity index (χ1v) is 34.0. The Bertz CT molecular complexity index is 1820. The Balaban J connectivity index is 1.40. The van der Waals surface area contributed by atoms with Crippen LogP contribution in [0.1, 0.15) is 232 Å². The van der Waals surface area contributed by atoms with Gasteiger partial charge in [-0.1, -0.05) is 216 Å². The second-order valence-corrected chi connectivity index (χ2v) is 24.3. The van der Waals surface area contributed by atoms with Crippen LogP contribution in [0.5, 0.6) is 0 Å². The molecule has 3 fully saturated rings. The summed E-state index contributed by atoms with van der Waals surface area (Å²) in [5, 5.41) is 120. The van der Waals surface area contributed by atoms with Crippen LogP contribution in [0.3, 0.4) is 0 Å². The average Bonchev–Trinajstić information content (AvgIpc) is 1.69. The highest BCUT2D eigenvalue weighted by Crippen LogP contribution is 2.33. The fraction of sp³-hybridized carbons (Fsp3) is 0.838. The zero-order valence-corrected chi connectivity index (χ0v) is 53.2. The summed E-state index contributed by atoms with van der Waals surface area (Å²) in [4.78, 5) is 13.4. The minimum absolute atomic E-state index is 0.233. The lowest BCUT2D eigenvalue weighted by Crippen LogP contribution is -2.66. The van der Waals surface area contributed by atoms with Crippen LogP contribution in [-0.4, -0.2) is 193 Å². The van der Waals surface area contributed by atoms with Gasteiger partial charge < -0.3 is 89.9 Å². The van der Waals surface area contributed by atoms with Crippen LogP contribution in [0, 0.1) is 0 Å². The molecule has 3 aliphatic heterocycles. The van der Waals surface area contributed by atoms with E-state index in [1.807, 2.05) is 6.08 Å². The van der Waals surface area contributed by atoms with Crippen LogP contribution < -0.4 is 5.32 Å². The van der Waals surface area contributed by atoms with E-state index in [2.05, 4.69) is 67.8 Å². The van der Waals surface area contributed by atoms with E-state index in [-0.39, 0.29) is 18.9 Å². The lowest BCUT2D eigenvalue weighted by molar-refractivity contribution is -0.379. The highest BCUT2D eigenvalue weighted by Gasteiger charge is 2.53. The molecule has 0 bridgehead atoms. The van der Waals surface area contributed by atoms with Crippen molar-refractivity contribution in [1.82, 2.24) is 5.32 Å². The van der Waals surface area contributed by atoms with E-state index in [1.54, 1.807) is 6.08 Å². The Hall–Kier alpha value is -2.51. The van der Waals surface area contributed by atoms with Crippen LogP contribution >= 0.6 is 0 Å². The molecule has 0 aromatic carbocycles. The molecule has 0 aliphatic carbocycles. The normalized spacial score (nSPS) is 29.0. The molecule has 19 heteroatoms. The van der Waals surface area contributed by atoms with Gasteiger partial charge >= 0.3 is 0 Å².